The van der Waals surface area contributed by atoms with Gasteiger partial charge in [-0.2, -0.15) is 10.4 Å². The number of nitrogens with one attached hydrogen (secondary N) is 1. The topological polar surface area (TPSA) is 114 Å². The number of nitrogens with zero attached hydrogens (tertiary/aromatic N) is 3. The van der Waals surface area contributed by atoms with Crippen LogP contribution in [0.25, 0.3) is 0 Å². The lowest BCUT2D eigenvalue weighted by atomic mass is 10.2. The van der Waals surface area contributed by atoms with E-state index in [4.69, 9.17) is 11.0 Å². The van der Waals surface area contributed by atoms with Crippen LogP contribution in [-0.4, -0.2) is 21.6 Å². The van der Waals surface area contributed by atoms with Crippen LogP contribution in [0.2, 0.25) is 0 Å². The Hall–Kier alpha value is -3.14. The van der Waals surface area contributed by atoms with Crippen LogP contribution in [0.1, 0.15) is 28.9 Å². The number of carbonyl (C=O) groups is 2. The number of para-hydroxylation sites is 1. The highest BCUT2D eigenvalue weighted by Crippen LogP contribution is 2.16. The molecule has 2 aromatic rings. The lowest BCUT2D eigenvalue weighted by molar-refractivity contribution is -0.119. The maximum absolute atomic E-state index is 12.2. The van der Waals surface area contributed by atoms with Crippen LogP contribution in [0.15, 0.2) is 36.7 Å². The number of amides is 2. The van der Waals surface area contributed by atoms with Crippen molar-refractivity contribution in [3.05, 3.63) is 47.8 Å². The highest BCUT2D eigenvalue weighted by atomic mass is 16.2. The fourth-order valence-corrected chi connectivity index (χ4v) is 1.72. The third-order valence-electron chi connectivity index (χ3n) is 2.97. The van der Waals surface area contributed by atoms with Crippen molar-refractivity contribution in [2.24, 2.45) is 5.73 Å². The standard InChI is InChI=1S/C14H13N5O2/c1-9(19-8-11(7-17-19)13(16)20)14(21)18-12-5-3-2-4-10(12)6-15/h2-5,7-9H,1H3,(H2,16,20)(H,18,21). The first-order valence-electron chi connectivity index (χ1n) is 6.17. The van der Waals surface area contributed by atoms with Crippen molar-refractivity contribution in [2.75, 3.05) is 5.32 Å². The van der Waals surface area contributed by atoms with Gasteiger partial charge in [0.1, 0.15) is 12.1 Å². The number of rotatable bonds is 4. The molecule has 21 heavy (non-hydrogen) atoms. The Morgan fingerprint density at radius 2 is 2.14 bits per heavy atom. The molecule has 0 saturated carbocycles. The fraction of sp³-hybridized carbons (Fsp3) is 0.143. The van der Waals surface area contributed by atoms with Crippen molar-refractivity contribution >= 4 is 17.5 Å². The molecule has 7 nitrogen and oxygen atoms in total. The van der Waals surface area contributed by atoms with Crippen molar-refractivity contribution < 1.29 is 9.59 Å². The van der Waals surface area contributed by atoms with Gasteiger partial charge in [-0.3, -0.25) is 14.3 Å². The zero-order chi connectivity index (χ0) is 15.4. The molecule has 0 radical (unpaired) electrons. The van der Waals surface area contributed by atoms with Gasteiger partial charge in [0, 0.05) is 6.20 Å². The first-order valence-corrected chi connectivity index (χ1v) is 6.17. The number of nitriles is 1. The summed E-state index contributed by atoms with van der Waals surface area (Å²) >= 11 is 0. The zero-order valence-electron chi connectivity index (χ0n) is 11.3. The molecule has 0 bridgehead atoms. The molecule has 1 heterocycles. The first-order chi connectivity index (χ1) is 10.0. The van der Waals surface area contributed by atoms with Gasteiger partial charge in [-0.05, 0) is 19.1 Å². The number of hydrogen-bond acceptors (Lipinski definition) is 4. The largest absolute Gasteiger partial charge is 0.366 e. The van der Waals surface area contributed by atoms with Crippen molar-refractivity contribution in [1.82, 2.24) is 9.78 Å². The summed E-state index contributed by atoms with van der Waals surface area (Å²) in [5, 5.41) is 15.6. The molecular weight excluding hydrogens is 270 g/mol. The van der Waals surface area contributed by atoms with Gasteiger partial charge in [0.2, 0.25) is 5.91 Å². The molecule has 0 aliphatic heterocycles. The van der Waals surface area contributed by atoms with Gasteiger partial charge in [-0.25, -0.2) is 0 Å². The van der Waals surface area contributed by atoms with E-state index in [0.717, 1.165) is 0 Å². The van der Waals surface area contributed by atoms with Crippen molar-refractivity contribution in [3.8, 4) is 6.07 Å². The molecule has 106 valence electrons. The van der Waals surface area contributed by atoms with Gasteiger partial charge in [0.05, 0.1) is 23.0 Å². The third-order valence-corrected chi connectivity index (χ3v) is 2.97. The van der Waals surface area contributed by atoms with E-state index >= 15 is 0 Å². The summed E-state index contributed by atoms with van der Waals surface area (Å²) in [6.45, 7) is 1.63. The van der Waals surface area contributed by atoms with Crippen LogP contribution < -0.4 is 11.1 Å². The normalized spacial score (nSPS) is 11.4. The average molecular weight is 283 g/mol. The van der Waals surface area contributed by atoms with E-state index in [2.05, 4.69) is 10.4 Å². The molecule has 2 amide bonds. The minimum Gasteiger partial charge on any atom is -0.366 e. The van der Waals surface area contributed by atoms with Gasteiger partial charge in [0.15, 0.2) is 0 Å². The minimum absolute atomic E-state index is 0.229. The monoisotopic (exact) mass is 283 g/mol. The molecule has 2 rings (SSSR count). The number of anilines is 1. The Bertz CT molecular complexity index is 729. The lowest BCUT2D eigenvalue weighted by Crippen LogP contribution is -2.24. The number of aromatic nitrogens is 2. The third kappa shape index (κ3) is 3.06. The molecule has 1 atom stereocenters. The van der Waals surface area contributed by atoms with E-state index in [-0.39, 0.29) is 11.5 Å². The Labute approximate surface area is 121 Å². The Kier molecular flexibility index (Phi) is 4.00. The van der Waals surface area contributed by atoms with Crippen LogP contribution >= 0.6 is 0 Å². The van der Waals surface area contributed by atoms with Gasteiger partial charge >= 0.3 is 0 Å². The maximum Gasteiger partial charge on any atom is 0.251 e. The van der Waals surface area contributed by atoms with E-state index in [1.54, 1.807) is 31.2 Å². The second kappa shape index (κ2) is 5.88. The Morgan fingerprint density at radius 3 is 2.76 bits per heavy atom. The quantitative estimate of drug-likeness (QED) is 0.872. The number of hydrogen-bond donors (Lipinski definition) is 2. The van der Waals surface area contributed by atoms with E-state index in [0.29, 0.717) is 11.3 Å². The van der Waals surface area contributed by atoms with E-state index in [1.165, 1.54) is 17.1 Å². The van der Waals surface area contributed by atoms with Crippen molar-refractivity contribution in [3.63, 3.8) is 0 Å². The lowest BCUT2D eigenvalue weighted by Gasteiger charge is -2.13. The highest BCUT2D eigenvalue weighted by molar-refractivity contribution is 5.95. The molecule has 1 unspecified atom stereocenters. The molecule has 0 saturated heterocycles. The number of nitrogens with two attached hydrogens (primary N) is 1. The van der Waals surface area contributed by atoms with E-state index < -0.39 is 11.9 Å². The summed E-state index contributed by atoms with van der Waals surface area (Å²) in [4.78, 5) is 23.2. The second-order valence-corrected chi connectivity index (χ2v) is 4.40. The fourth-order valence-electron chi connectivity index (χ4n) is 1.72. The summed E-state index contributed by atoms with van der Waals surface area (Å²) in [5.74, 6) is -0.958. The summed E-state index contributed by atoms with van der Waals surface area (Å²) in [7, 11) is 0. The molecule has 3 N–H and O–H groups in total. The van der Waals surface area contributed by atoms with E-state index in [1.807, 2.05) is 6.07 Å². The van der Waals surface area contributed by atoms with E-state index in [9.17, 15) is 9.59 Å². The van der Waals surface area contributed by atoms with Gasteiger partial charge in [-0.15, -0.1) is 0 Å². The predicted molar refractivity (Wildman–Crippen MR) is 75.2 cm³/mol. The second-order valence-electron chi connectivity index (χ2n) is 4.40. The average Bonchev–Trinajstić information content (AvgIpc) is 2.97. The summed E-state index contributed by atoms with van der Waals surface area (Å²) in [6, 6.07) is 8.04. The molecule has 7 heteroatoms. The Balaban J connectivity index is 2.16. The highest BCUT2D eigenvalue weighted by Gasteiger charge is 2.18. The van der Waals surface area contributed by atoms with Crippen LogP contribution in [0, 0.1) is 11.3 Å². The molecular formula is C14H13N5O2. The SMILES string of the molecule is CC(C(=O)Nc1ccccc1C#N)n1cc(C(N)=O)cn1. The zero-order valence-corrected chi connectivity index (χ0v) is 11.3. The predicted octanol–water partition coefficient (Wildman–Crippen LogP) is 1.05. The van der Waals surface area contributed by atoms with Crippen LogP contribution in [0.5, 0.6) is 0 Å². The van der Waals surface area contributed by atoms with Gasteiger partial charge in [0.25, 0.3) is 5.91 Å². The van der Waals surface area contributed by atoms with Gasteiger partial charge in [-0.1, -0.05) is 12.1 Å². The van der Waals surface area contributed by atoms with Crippen molar-refractivity contribution in [1.29, 1.82) is 5.26 Å². The summed E-state index contributed by atoms with van der Waals surface area (Å²) in [6.07, 6.45) is 2.71. The molecule has 0 aliphatic carbocycles. The molecule has 0 aliphatic rings. The molecule has 1 aromatic carbocycles. The van der Waals surface area contributed by atoms with Crippen molar-refractivity contribution in [2.45, 2.75) is 13.0 Å². The smallest absolute Gasteiger partial charge is 0.251 e. The molecule has 0 spiro atoms. The minimum atomic E-state index is -0.648. The number of benzene rings is 1. The number of primary amides is 1. The molecule has 1 aromatic heterocycles. The van der Waals surface area contributed by atoms with Gasteiger partial charge < -0.3 is 11.1 Å². The summed E-state index contributed by atoms with van der Waals surface area (Å²) < 4.78 is 1.34. The van der Waals surface area contributed by atoms with Crippen LogP contribution in [0.3, 0.4) is 0 Å². The maximum atomic E-state index is 12.2. The summed E-state index contributed by atoms with van der Waals surface area (Å²) in [5.41, 5.74) is 6.17. The number of carbonyl (C=O) groups excluding carboxylic acids is 2. The first kappa shape index (κ1) is 14.3. The molecule has 0 fully saturated rings. The van der Waals surface area contributed by atoms with Crippen LogP contribution in [0.4, 0.5) is 5.69 Å². The Morgan fingerprint density at radius 1 is 1.43 bits per heavy atom. The van der Waals surface area contributed by atoms with Crippen LogP contribution in [-0.2, 0) is 4.79 Å².